The zero-order chi connectivity index (χ0) is 15.0. The maximum Gasteiger partial charge on any atom is 0.227 e. The molecule has 0 aliphatic carbocycles. The van der Waals surface area contributed by atoms with Gasteiger partial charge in [-0.25, -0.2) is 0 Å². The molecule has 0 heterocycles. The molecular formula is C14H19BrN2O2S. The molecule has 0 saturated heterocycles. The van der Waals surface area contributed by atoms with Gasteiger partial charge in [0.15, 0.2) is 0 Å². The lowest BCUT2D eigenvalue weighted by atomic mass is 10.0. The lowest BCUT2D eigenvalue weighted by molar-refractivity contribution is -0.121. The first-order chi connectivity index (χ1) is 9.52. The Bertz CT molecular complexity index is 451. The van der Waals surface area contributed by atoms with Crippen LogP contribution in [0.2, 0.25) is 0 Å². The van der Waals surface area contributed by atoms with Gasteiger partial charge in [0.05, 0.1) is 11.8 Å². The van der Waals surface area contributed by atoms with E-state index in [9.17, 15) is 9.59 Å². The van der Waals surface area contributed by atoms with Crippen molar-refractivity contribution in [3.8, 4) is 0 Å². The van der Waals surface area contributed by atoms with Gasteiger partial charge in [-0.15, -0.1) is 0 Å². The fourth-order valence-corrected chi connectivity index (χ4v) is 2.66. The topological polar surface area (TPSA) is 72.2 Å². The summed E-state index contributed by atoms with van der Waals surface area (Å²) in [7, 11) is 0. The summed E-state index contributed by atoms with van der Waals surface area (Å²) in [4.78, 5) is 22.4. The zero-order valence-electron chi connectivity index (χ0n) is 11.4. The normalized spacial score (nSPS) is 11.9. The monoisotopic (exact) mass is 358 g/mol. The molecule has 1 aromatic rings. The number of carbonyl (C=O) groups excluding carboxylic acids is 2. The van der Waals surface area contributed by atoms with Crippen LogP contribution in [-0.2, 0) is 9.59 Å². The number of nitrogens with one attached hydrogen (secondary N) is 1. The molecule has 0 fully saturated rings. The van der Waals surface area contributed by atoms with Gasteiger partial charge in [-0.05, 0) is 24.1 Å². The molecule has 0 aliphatic heterocycles. The predicted molar refractivity (Wildman–Crippen MR) is 86.5 cm³/mol. The van der Waals surface area contributed by atoms with E-state index in [2.05, 4.69) is 21.2 Å². The molecule has 1 unspecified atom stereocenters. The van der Waals surface area contributed by atoms with E-state index in [1.165, 1.54) is 11.8 Å². The summed E-state index contributed by atoms with van der Waals surface area (Å²) < 4.78 is 1.02. The Morgan fingerprint density at radius 1 is 1.35 bits per heavy atom. The van der Waals surface area contributed by atoms with Gasteiger partial charge in [-0.2, -0.15) is 11.8 Å². The summed E-state index contributed by atoms with van der Waals surface area (Å²) in [5.74, 6) is 0.511. The van der Waals surface area contributed by atoms with Gasteiger partial charge in [0.25, 0.3) is 0 Å². The Kier molecular flexibility index (Phi) is 7.69. The van der Waals surface area contributed by atoms with Crippen molar-refractivity contribution in [2.45, 2.75) is 25.8 Å². The van der Waals surface area contributed by atoms with Crippen molar-refractivity contribution in [1.82, 2.24) is 5.32 Å². The summed E-state index contributed by atoms with van der Waals surface area (Å²) in [6.07, 6.45) is 1.23. The molecule has 0 aliphatic rings. The summed E-state index contributed by atoms with van der Waals surface area (Å²) in [5, 5.41) is 3.01. The van der Waals surface area contributed by atoms with Crippen molar-refractivity contribution in [2.24, 2.45) is 5.73 Å². The minimum absolute atomic E-state index is 0.00302. The average Bonchev–Trinajstić information content (AvgIpc) is 2.42. The maximum absolute atomic E-state index is 11.8. The summed E-state index contributed by atoms with van der Waals surface area (Å²) in [5.41, 5.74) is 6.13. The first kappa shape index (κ1) is 17.0. The van der Waals surface area contributed by atoms with Gasteiger partial charge >= 0.3 is 0 Å². The number of primary amides is 1. The third-order valence-corrected chi connectivity index (χ3v) is 4.24. The van der Waals surface area contributed by atoms with Crippen molar-refractivity contribution in [2.75, 3.05) is 11.5 Å². The number of rotatable bonds is 8. The van der Waals surface area contributed by atoms with Gasteiger partial charge in [-0.3, -0.25) is 9.59 Å². The van der Waals surface area contributed by atoms with Crippen LogP contribution in [0, 0.1) is 0 Å². The van der Waals surface area contributed by atoms with Crippen LogP contribution in [0.3, 0.4) is 0 Å². The van der Waals surface area contributed by atoms with Crippen LogP contribution in [-0.4, -0.2) is 23.3 Å². The SMILES string of the molecule is CCC(NC(=O)CCSCC(N)=O)c1ccc(Br)cc1. The predicted octanol–water partition coefficient (Wildman–Crippen LogP) is 2.62. The highest BCUT2D eigenvalue weighted by Crippen LogP contribution is 2.19. The number of amides is 2. The highest BCUT2D eigenvalue weighted by Gasteiger charge is 2.12. The second-order valence-electron chi connectivity index (χ2n) is 4.35. The lowest BCUT2D eigenvalue weighted by Crippen LogP contribution is -2.28. The highest BCUT2D eigenvalue weighted by atomic mass is 79.9. The van der Waals surface area contributed by atoms with E-state index in [0.717, 1.165) is 16.5 Å². The first-order valence-corrected chi connectivity index (χ1v) is 8.38. The van der Waals surface area contributed by atoms with Gasteiger partial charge in [0.2, 0.25) is 11.8 Å². The molecule has 4 nitrogen and oxygen atoms in total. The van der Waals surface area contributed by atoms with Crippen molar-refractivity contribution >= 4 is 39.5 Å². The first-order valence-electron chi connectivity index (χ1n) is 6.43. The molecular weight excluding hydrogens is 340 g/mol. The van der Waals surface area contributed by atoms with E-state index in [0.29, 0.717) is 12.2 Å². The minimum Gasteiger partial charge on any atom is -0.369 e. The minimum atomic E-state index is -0.350. The molecule has 0 aromatic heterocycles. The smallest absolute Gasteiger partial charge is 0.227 e. The zero-order valence-corrected chi connectivity index (χ0v) is 13.8. The van der Waals surface area contributed by atoms with Crippen molar-refractivity contribution in [3.05, 3.63) is 34.3 Å². The molecule has 6 heteroatoms. The van der Waals surface area contributed by atoms with Crippen LogP contribution in [0.4, 0.5) is 0 Å². The molecule has 110 valence electrons. The Hall–Kier alpha value is -1.01. The quantitative estimate of drug-likeness (QED) is 0.701. The van der Waals surface area contributed by atoms with E-state index in [1.807, 2.05) is 31.2 Å². The third-order valence-electron chi connectivity index (χ3n) is 2.73. The number of benzene rings is 1. The van der Waals surface area contributed by atoms with Crippen LogP contribution < -0.4 is 11.1 Å². The fraction of sp³-hybridized carbons (Fsp3) is 0.429. The number of hydrogen-bond acceptors (Lipinski definition) is 3. The largest absolute Gasteiger partial charge is 0.369 e. The second-order valence-corrected chi connectivity index (χ2v) is 6.37. The van der Waals surface area contributed by atoms with Crippen LogP contribution in [0.25, 0.3) is 0 Å². The molecule has 1 atom stereocenters. The number of halogens is 1. The van der Waals surface area contributed by atoms with E-state index < -0.39 is 0 Å². The Morgan fingerprint density at radius 3 is 2.55 bits per heavy atom. The number of carbonyl (C=O) groups is 2. The van der Waals surface area contributed by atoms with Crippen molar-refractivity contribution in [3.63, 3.8) is 0 Å². The second kappa shape index (κ2) is 9.02. The molecule has 1 rings (SSSR count). The molecule has 0 radical (unpaired) electrons. The molecule has 0 bridgehead atoms. The average molecular weight is 359 g/mol. The standard InChI is InChI=1S/C14H19BrN2O2S/c1-2-12(10-3-5-11(15)6-4-10)17-14(19)7-8-20-9-13(16)18/h3-6,12H,2,7-9H2,1H3,(H2,16,18)(H,17,19). The molecule has 2 amide bonds. The maximum atomic E-state index is 11.8. The van der Waals surface area contributed by atoms with Crippen LogP contribution in [0.1, 0.15) is 31.4 Å². The van der Waals surface area contributed by atoms with Gasteiger partial charge in [0.1, 0.15) is 0 Å². The lowest BCUT2D eigenvalue weighted by Gasteiger charge is -2.17. The number of thioether (sulfide) groups is 1. The summed E-state index contributed by atoms with van der Waals surface area (Å²) >= 11 is 4.77. The third kappa shape index (κ3) is 6.43. The van der Waals surface area contributed by atoms with Gasteiger partial charge in [0, 0.05) is 16.6 Å². The highest BCUT2D eigenvalue weighted by molar-refractivity contribution is 9.10. The summed E-state index contributed by atoms with van der Waals surface area (Å²) in [6, 6.07) is 7.96. The number of hydrogen-bond donors (Lipinski definition) is 2. The molecule has 0 saturated carbocycles. The number of nitrogens with two attached hydrogens (primary N) is 1. The molecule has 0 spiro atoms. The van der Waals surface area contributed by atoms with Crippen molar-refractivity contribution in [1.29, 1.82) is 0 Å². The Morgan fingerprint density at radius 2 is 2.00 bits per heavy atom. The van der Waals surface area contributed by atoms with E-state index in [-0.39, 0.29) is 23.6 Å². The van der Waals surface area contributed by atoms with Gasteiger partial charge in [-0.1, -0.05) is 35.0 Å². The molecule has 20 heavy (non-hydrogen) atoms. The van der Waals surface area contributed by atoms with Crippen LogP contribution >= 0.6 is 27.7 Å². The van der Waals surface area contributed by atoms with Crippen LogP contribution in [0.15, 0.2) is 28.7 Å². The van der Waals surface area contributed by atoms with E-state index in [4.69, 9.17) is 5.73 Å². The summed E-state index contributed by atoms with van der Waals surface area (Å²) in [6.45, 7) is 2.04. The van der Waals surface area contributed by atoms with Crippen molar-refractivity contribution < 1.29 is 9.59 Å². The molecule has 1 aromatic carbocycles. The fourth-order valence-electron chi connectivity index (χ4n) is 1.72. The van der Waals surface area contributed by atoms with Gasteiger partial charge < -0.3 is 11.1 Å². The Labute approximate surface area is 132 Å². The van der Waals surface area contributed by atoms with E-state index >= 15 is 0 Å². The molecule has 3 N–H and O–H groups in total. The van der Waals surface area contributed by atoms with E-state index in [1.54, 1.807) is 0 Å². The van der Waals surface area contributed by atoms with Crippen LogP contribution in [0.5, 0.6) is 0 Å². The Balaban J connectivity index is 2.41.